The van der Waals surface area contributed by atoms with Crippen molar-refractivity contribution in [3.05, 3.63) is 0 Å². The number of carbonyl (C=O) groups is 1. The molecule has 0 radical (unpaired) electrons. The average Bonchev–Trinajstić information content (AvgIpc) is 2.26. The molecule has 20 heavy (non-hydrogen) atoms. The molecule has 0 amide bonds. The fraction of sp³-hybridized carbons (Fsp3) is 0.938. The van der Waals surface area contributed by atoms with Crippen LogP contribution in [0.2, 0.25) is 18.1 Å². The first kappa shape index (κ1) is 17.7. The van der Waals surface area contributed by atoms with Crippen LogP contribution < -0.4 is 0 Å². The normalized spacial score (nSPS) is 24.8. The van der Waals surface area contributed by atoms with Crippen molar-refractivity contribution in [2.45, 2.75) is 90.6 Å². The van der Waals surface area contributed by atoms with Crippen molar-refractivity contribution < 1.29 is 14.0 Å². The number of hydrogen-bond acceptors (Lipinski definition) is 3. The van der Waals surface area contributed by atoms with E-state index in [-0.39, 0.29) is 29.1 Å². The molecule has 2 atom stereocenters. The van der Waals surface area contributed by atoms with Crippen molar-refractivity contribution >= 4 is 14.3 Å². The van der Waals surface area contributed by atoms with E-state index in [1.54, 1.807) is 0 Å². The van der Waals surface area contributed by atoms with E-state index in [1.165, 1.54) is 0 Å². The molecule has 1 saturated carbocycles. The van der Waals surface area contributed by atoms with E-state index in [1.807, 2.05) is 13.8 Å². The molecular weight excluding hydrogens is 268 g/mol. The van der Waals surface area contributed by atoms with E-state index < -0.39 is 8.32 Å². The predicted octanol–water partition coefficient (Wildman–Crippen LogP) is 4.52. The largest absolute Gasteiger partial charge is 0.463 e. The molecule has 0 bridgehead atoms. The Kier molecular flexibility index (Phi) is 5.85. The van der Waals surface area contributed by atoms with Crippen LogP contribution in [0.25, 0.3) is 0 Å². The van der Waals surface area contributed by atoms with Gasteiger partial charge in [-0.05, 0) is 51.2 Å². The summed E-state index contributed by atoms with van der Waals surface area (Å²) in [6, 6.07) is 0. The number of carbonyl (C=O) groups excluding carboxylic acids is 1. The van der Waals surface area contributed by atoms with E-state index in [0.29, 0.717) is 0 Å². The lowest BCUT2D eigenvalue weighted by Gasteiger charge is -2.41. The average molecular weight is 301 g/mol. The monoisotopic (exact) mass is 300 g/mol. The van der Waals surface area contributed by atoms with E-state index in [2.05, 4.69) is 33.9 Å². The SMILES string of the molecule is CC(C)OC(=O)C1CCCC(O[Si](C)(C)C(C)(C)C)C1. The van der Waals surface area contributed by atoms with E-state index >= 15 is 0 Å². The van der Waals surface area contributed by atoms with Crippen molar-refractivity contribution in [3.63, 3.8) is 0 Å². The van der Waals surface area contributed by atoms with E-state index in [9.17, 15) is 4.79 Å². The highest BCUT2D eigenvalue weighted by Gasteiger charge is 2.40. The number of rotatable bonds is 4. The summed E-state index contributed by atoms with van der Waals surface area (Å²) in [7, 11) is -1.74. The van der Waals surface area contributed by atoms with E-state index in [0.717, 1.165) is 25.7 Å². The van der Waals surface area contributed by atoms with Crippen molar-refractivity contribution in [2.24, 2.45) is 5.92 Å². The summed E-state index contributed by atoms with van der Waals surface area (Å²) in [5.41, 5.74) is 0. The molecule has 2 unspecified atom stereocenters. The Hall–Kier alpha value is -0.353. The highest BCUT2D eigenvalue weighted by atomic mass is 28.4. The van der Waals surface area contributed by atoms with Gasteiger partial charge >= 0.3 is 5.97 Å². The maximum Gasteiger partial charge on any atom is 0.309 e. The zero-order valence-electron chi connectivity index (χ0n) is 14.3. The van der Waals surface area contributed by atoms with Crippen LogP contribution in [0.15, 0.2) is 0 Å². The van der Waals surface area contributed by atoms with Crippen LogP contribution in [-0.4, -0.2) is 26.5 Å². The van der Waals surface area contributed by atoms with Crippen LogP contribution in [0, 0.1) is 5.92 Å². The van der Waals surface area contributed by atoms with Gasteiger partial charge < -0.3 is 9.16 Å². The van der Waals surface area contributed by atoms with Crippen LogP contribution in [-0.2, 0) is 14.0 Å². The standard InChI is InChI=1S/C16H32O3Si/c1-12(2)18-15(17)13-9-8-10-14(11-13)19-20(6,7)16(3,4)5/h12-14H,8-11H2,1-7H3. The summed E-state index contributed by atoms with van der Waals surface area (Å²) in [6.45, 7) is 15.1. The van der Waals surface area contributed by atoms with Gasteiger partial charge in [-0.15, -0.1) is 0 Å². The van der Waals surface area contributed by atoms with Crippen LogP contribution in [0.4, 0.5) is 0 Å². The third kappa shape index (κ3) is 4.88. The van der Waals surface area contributed by atoms with Crippen molar-refractivity contribution in [2.75, 3.05) is 0 Å². The molecule has 0 aromatic heterocycles. The van der Waals surface area contributed by atoms with E-state index in [4.69, 9.17) is 9.16 Å². The number of esters is 1. The third-order valence-corrected chi connectivity index (χ3v) is 9.11. The van der Waals surface area contributed by atoms with Crippen LogP contribution in [0.3, 0.4) is 0 Å². The Bertz CT molecular complexity index is 331. The third-order valence-electron chi connectivity index (χ3n) is 4.58. The number of ether oxygens (including phenoxy) is 1. The Morgan fingerprint density at radius 1 is 1.20 bits per heavy atom. The topological polar surface area (TPSA) is 35.5 Å². The molecule has 3 nitrogen and oxygen atoms in total. The smallest absolute Gasteiger partial charge is 0.309 e. The Balaban J connectivity index is 2.59. The maximum atomic E-state index is 12.1. The van der Waals surface area contributed by atoms with Crippen LogP contribution in [0.5, 0.6) is 0 Å². The first-order valence-corrected chi connectivity index (χ1v) is 10.8. The maximum absolute atomic E-state index is 12.1. The molecule has 1 fully saturated rings. The lowest BCUT2D eigenvalue weighted by molar-refractivity contribution is -0.154. The molecule has 0 aliphatic heterocycles. The fourth-order valence-corrected chi connectivity index (χ4v) is 3.79. The van der Waals surface area contributed by atoms with Gasteiger partial charge in [-0.1, -0.05) is 27.2 Å². The van der Waals surface area contributed by atoms with Crippen LogP contribution in [0.1, 0.15) is 60.3 Å². The van der Waals surface area contributed by atoms with Gasteiger partial charge in [0, 0.05) is 6.10 Å². The van der Waals surface area contributed by atoms with Gasteiger partial charge in [0.25, 0.3) is 0 Å². The van der Waals surface area contributed by atoms with Crippen molar-refractivity contribution in [1.82, 2.24) is 0 Å². The highest BCUT2D eigenvalue weighted by Crippen LogP contribution is 2.39. The lowest BCUT2D eigenvalue weighted by Crippen LogP contribution is -2.45. The molecule has 0 aromatic carbocycles. The van der Waals surface area contributed by atoms with Crippen molar-refractivity contribution in [1.29, 1.82) is 0 Å². The van der Waals surface area contributed by atoms with Crippen molar-refractivity contribution in [3.8, 4) is 0 Å². The summed E-state index contributed by atoms with van der Waals surface area (Å²) < 4.78 is 11.8. The number of hydrogen-bond donors (Lipinski definition) is 0. The summed E-state index contributed by atoms with van der Waals surface area (Å²) in [6.07, 6.45) is 4.13. The van der Waals surface area contributed by atoms with Gasteiger partial charge in [0.1, 0.15) is 0 Å². The minimum atomic E-state index is -1.74. The van der Waals surface area contributed by atoms with Gasteiger partial charge in [0.15, 0.2) is 8.32 Å². The Labute approximate surface area is 125 Å². The Morgan fingerprint density at radius 2 is 1.80 bits per heavy atom. The Morgan fingerprint density at radius 3 is 2.30 bits per heavy atom. The zero-order chi connectivity index (χ0) is 15.6. The quantitative estimate of drug-likeness (QED) is 0.565. The molecular formula is C16H32O3Si. The second-order valence-electron chi connectivity index (χ2n) is 7.85. The molecule has 0 saturated heterocycles. The first-order valence-electron chi connectivity index (χ1n) is 7.91. The second-order valence-corrected chi connectivity index (χ2v) is 12.6. The summed E-state index contributed by atoms with van der Waals surface area (Å²) >= 11 is 0. The lowest BCUT2D eigenvalue weighted by atomic mass is 9.87. The molecule has 1 aliphatic rings. The molecule has 1 rings (SSSR count). The first-order chi connectivity index (χ1) is 9.03. The summed E-state index contributed by atoms with van der Waals surface area (Å²) in [4.78, 5) is 12.1. The molecule has 118 valence electrons. The molecule has 4 heteroatoms. The highest BCUT2D eigenvalue weighted by molar-refractivity contribution is 6.74. The second kappa shape index (κ2) is 6.61. The molecule has 0 heterocycles. The fourth-order valence-electron chi connectivity index (χ4n) is 2.39. The van der Waals surface area contributed by atoms with Gasteiger partial charge in [-0.2, -0.15) is 0 Å². The van der Waals surface area contributed by atoms with Gasteiger partial charge in [-0.3, -0.25) is 4.79 Å². The van der Waals surface area contributed by atoms with Gasteiger partial charge in [-0.25, -0.2) is 0 Å². The zero-order valence-corrected chi connectivity index (χ0v) is 15.3. The van der Waals surface area contributed by atoms with Gasteiger partial charge in [0.2, 0.25) is 0 Å². The van der Waals surface area contributed by atoms with Gasteiger partial charge in [0.05, 0.1) is 12.0 Å². The molecule has 0 N–H and O–H groups in total. The molecule has 1 aliphatic carbocycles. The predicted molar refractivity (Wildman–Crippen MR) is 85.3 cm³/mol. The van der Waals surface area contributed by atoms with Crippen LogP contribution >= 0.6 is 0 Å². The summed E-state index contributed by atoms with van der Waals surface area (Å²) in [5, 5.41) is 0.221. The minimum Gasteiger partial charge on any atom is -0.463 e. The molecule has 0 aromatic rings. The summed E-state index contributed by atoms with van der Waals surface area (Å²) in [5.74, 6) is -0.00977. The minimum absolute atomic E-state index is 0.0239. The molecule has 0 spiro atoms.